The first-order chi connectivity index (χ1) is 10.5. The van der Waals surface area contributed by atoms with Crippen LogP contribution in [0.5, 0.6) is 0 Å². The van der Waals surface area contributed by atoms with Crippen LogP contribution in [0.4, 0.5) is 11.4 Å². The lowest BCUT2D eigenvalue weighted by Gasteiger charge is -2.06. The molecule has 2 aromatic rings. The maximum absolute atomic E-state index is 12.0. The molecule has 0 unspecified atom stereocenters. The first-order valence-corrected chi connectivity index (χ1v) is 6.76. The number of nitrogens with one attached hydrogen (secondary N) is 2. The molecule has 0 bridgehead atoms. The second kappa shape index (κ2) is 6.67. The Morgan fingerprint density at radius 2 is 1.27 bits per heavy atom. The van der Waals surface area contributed by atoms with Crippen LogP contribution < -0.4 is 10.6 Å². The topological polar surface area (TPSA) is 75.3 Å². The van der Waals surface area contributed by atoms with Crippen molar-refractivity contribution in [1.82, 2.24) is 0 Å². The van der Waals surface area contributed by atoms with Gasteiger partial charge in [0.25, 0.3) is 11.7 Å². The van der Waals surface area contributed by atoms with Crippen molar-refractivity contribution >= 4 is 29.0 Å². The number of ketones is 1. The van der Waals surface area contributed by atoms with Gasteiger partial charge in [-0.2, -0.15) is 0 Å². The van der Waals surface area contributed by atoms with Gasteiger partial charge in [0.15, 0.2) is 0 Å². The number of carbonyl (C=O) groups excluding carboxylic acids is 3. The van der Waals surface area contributed by atoms with Gasteiger partial charge < -0.3 is 10.6 Å². The van der Waals surface area contributed by atoms with Crippen LogP contribution in [0.3, 0.4) is 0 Å². The number of Topliss-reactive ketones (excluding diaryl/α,β-unsaturated/α-hetero) is 1. The Morgan fingerprint density at radius 3 is 1.77 bits per heavy atom. The van der Waals surface area contributed by atoms with Crippen molar-refractivity contribution in [3.8, 4) is 0 Å². The SMILES string of the molecule is CC(=O)Nc1ccc(NC(=O)C(=O)c2ccc(C)cc2)cc1. The molecule has 2 amide bonds. The standard InChI is InChI=1S/C17H16N2O3/c1-11-3-5-13(6-4-11)16(21)17(22)19-15-9-7-14(8-10-15)18-12(2)20/h3-10H,1-2H3,(H,18,20)(H,19,22). The monoisotopic (exact) mass is 296 g/mol. The molecule has 0 saturated carbocycles. The summed E-state index contributed by atoms with van der Waals surface area (Å²) < 4.78 is 0. The van der Waals surface area contributed by atoms with Gasteiger partial charge >= 0.3 is 0 Å². The van der Waals surface area contributed by atoms with E-state index in [1.807, 2.05) is 6.92 Å². The highest BCUT2D eigenvalue weighted by Crippen LogP contribution is 2.14. The number of carbonyl (C=O) groups is 3. The van der Waals surface area contributed by atoms with E-state index in [9.17, 15) is 14.4 Å². The molecule has 0 heterocycles. The Bertz CT molecular complexity index is 704. The fraction of sp³-hybridized carbons (Fsp3) is 0.118. The summed E-state index contributed by atoms with van der Waals surface area (Å²) in [6.07, 6.45) is 0. The summed E-state index contributed by atoms with van der Waals surface area (Å²) in [6.45, 7) is 3.32. The van der Waals surface area contributed by atoms with E-state index in [1.165, 1.54) is 6.92 Å². The zero-order valence-electron chi connectivity index (χ0n) is 12.3. The van der Waals surface area contributed by atoms with Crippen LogP contribution in [0.15, 0.2) is 48.5 Å². The molecule has 2 aromatic carbocycles. The van der Waals surface area contributed by atoms with E-state index in [4.69, 9.17) is 0 Å². The van der Waals surface area contributed by atoms with Crippen molar-refractivity contribution in [3.63, 3.8) is 0 Å². The molecule has 2 N–H and O–H groups in total. The van der Waals surface area contributed by atoms with Crippen LogP contribution >= 0.6 is 0 Å². The number of amides is 2. The summed E-state index contributed by atoms with van der Waals surface area (Å²) in [7, 11) is 0. The molecule has 2 rings (SSSR count). The molecule has 0 saturated heterocycles. The first-order valence-electron chi connectivity index (χ1n) is 6.76. The fourth-order valence-electron chi connectivity index (χ4n) is 1.86. The second-order valence-corrected chi connectivity index (χ2v) is 4.91. The Kier molecular flexibility index (Phi) is 4.68. The number of hydrogen-bond acceptors (Lipinski definition) is 3. The van der Waals surface area contributed by atoms with E-state index in [0.717, 1.165) is 5.56 Å². The molecule has 0 radical (unpaired) electrons. The van der Waals surface area contributed by atoms with Gasteiger partial charge in [-0.3, -0.25) is 14.4 Å². The summed E-state index contributed by atoms with van der Waals surface area (Å²) in [5.41, 5.74) is 2.47. The van der Waals surface area contributed by atoms with Gasteiger partial charge in [0.2, 0.25) is 5.91 Å². The lowest BCUT2D eigenvalue weighted by molar-refractivity contribution is -0.114. The zero-order valence-corrected chi connectivity index (χ0v) is 12.3. The molecule has 0 fully saturated rings. The number of hydrogen-bond donors (Lipinski definition) is 2. The average molecular weight is 296 g/mol. The third-order valence-electron chi connectivity index (χ3n) is 2.98. The summed E-state index contributed by atoms with van der Waals surface area (Å²) in [5.74, 6) is -1.46. The predicted octanol–water partition coefficient (Wildman–Crippen LogP) is 2.77. The smallest absolute Gasteiger partial charge is 0.296 e. The summed E-state index contributed by atoms with van der Waals surface area (Å²) >= 11 is 0. The minimum atomic E-state index is -0.698. The highest BCUT2D eigenvalue weighted by atomic mass is 16.2. The van der Waals surface area contributed by atoms with Crippen molar-refractivity contribution in [1.29, 1.82) is 0 Å². The van der Waals surface area contributed by atoms with Gasteiger partial charge in [0, 0.05) is 23.9 Å². The largest absolute Gasteiger partial charge is 0.326 e. The minimum Gasteiger partial charge on any atom is -0.326 e. The maximum Gasteiger partial charge on any atom is 0.296 e. The highest BCUT2D eigenvalue weighted by Gasteiger charge is 2.16. The zero-order chi connectivity index (χ0) is 16.1. The molecule has 0 spiro atoms. The average Bonchev–Trinajstić information content (AvgIpc) is 2.49. The fourth-order valence-corrected chi connectivity index (χ4v) is 1.86. The quantitative estimate of drug-likeness (QED) is 0.673. The maximum atomic E-state index is 12.0. The van der Waals surface area contributed by atoms with Gasteiger partial charge in [0.05, 0.1) is 0 Å². The van der Waals surface area contributed by atoms with Gasteiger partial charge in [-0.05, 0) is 31.2 Å². The van der Waals surface area contributed by atoms with Gasteiger partial charge in [-0.15, -0.1) is 0 Å². The van der Waals surface area contributed by atoms with Crippen molar-refractivity contribution in [3.05, 3.63) is 59.7 Å². The van der Waals surface area contributed by atoms with E-state index in [1.54, 1.807) is 48.5 Å². The van der Waals surface area contributed by atoms with Crippen molar-refractivity contribution in [2.75, 3.05) is 10.6 Å². The van der Waals surface area contributed by atoms with Crippen LogP contribution in [0.2, 0.25) is 0 Å². The Balaban J connectivity index is 2.03. The van der Waals surface area contributed by atoms with E-state index in [0.29, 0.717) is 16.9 Å². The molecular formula is C17H16N2O3. The Morgan fingerprint density at radius 1 is 0.773 bits per heavy atom. The number of benzene rings is 2. The van der Waals surface area contributed by atoms with Crippen molar-refractivity contribution in [2.24, 2.45) is 0 Å². The van der Waals surface area contributed by atoms with E-state index < -0.39 is 11.7 Å². The predicted molar refractivity (Wildman–Crippen MR) is 84.9 cm³/mol. The second-order valence-electron chi connectivity index (χ2n) is 4.91. The molecule has 0 aliphatic heterocycles. The van der Waals surface area contributed by atoms with Crippen molar-refractivity contribution in [2.45, 2.75) is 13.8 Å². The van der Waals surface area contributed by atoms with Gasteiger partial charge in [-0.25, -0.2) is 0 Å². The van der Waals surface area contributed by atoms with E-state index in [2.05, 4.69) is 10.6 Å². The molecule has 0 atom stereocenters. The van der Waals surface area contributed by atoms with Crippen LogP contribution in [0.25, 0.3) is 0 Å². The molecule has 22 heavy (non-hydrogen) atoms. The molecule has 0 aromatic heterocycles. The summed E-state index contributed by atoms with van der Waals surface area (Å²) in [5, 5.41) is 5.15. The minimum absolute atomic E-state index is 0.175. The molecule has 5 nitrogen and oxygen atoms in total. The molecule has 112 valence electrons. The molecular weight excluding hydrogens is 280 g/mol. The molecule has 5 heteroatoms. The third-order valence-corrected chi connectivity index (χ3v) is 2.98. The number of rotatable bonds is 4. The number of aryl methyl sites for hydroxylation is 1. The van der Waals surface area contributed by atoms with Gasteiger partial charge in [-0.1, -0.05) is 29.8 Å². The Labute approximate surface area is 128 Å². The Hall–Kier alpha value is -2.95. The third kappa shape index (κ3) is 4.02. The summed E-state index contributed by atoms with van der Waals surface area (Å²) in [4.78, 5) is 34.9. The van der Waals surface area contributed by atoms with E-state index in [-0.39, 0.29) is 5.91 Å². The van der Waals surface area contributed by atoms with Crippen LogP contribution in [-0.4, -0.2) is 17.6 Å². The van der Waals surface area contributed by atoms with Crippen molar-refractivity contribution < 1.29 is 14.4 Å². The lowest BCUT2D eigenvalue weighted by atomic mass is 10.1. The number of anilines is 2. The molecule has 0 aliphatic rings. The normalized spacial score (nSPS) is 9.91. The van der Waals surface area contributed by atoms with Crippen LogP contribution in [0, 0.1) is 6.92 Å². The highest BCUT2D eigenvalue weighted by molar-refractivity contribution is 6.46. The molecule has 0 aliphatic carbocycles. The summed E-state index contributed by atoms with van der Waals surface area (Å²) in [6, 6.07) is 13.3. The van der Waals surface area contributed by atoms with Gasteiger partial charge in [0.1, 0.15) is 0 Å². The van der Waals surface area contributed by atoms with E-state index >= 15 is 0 Å². The lowest BCUT2D eigenvalue weighted by Crippen LogP contribution is -2.22. The van der Waals surface area contributed by atoms with Crippen LogP contribution in [0.1, 0.15) is 22.8 Å². The first kappa shape index (κ1) is 15.4. The van der Waals surface area contributed by atoms with Crippen LogP contribution in [-0.2, 0) is 9.59 Å².